The summed E-state index contributed by atoms with van der Waals surface area (Å²) in [5.41, 5.74) is 4.84. The Morgan fingerprint density at radius 2 is 1.46 bits per heavy atom. The zero-order valence-electron chi connectivity index (χ0n) is 16.0. The standard InChI is InChI=1S/C24H23NO3/c1-17-8-14-22(15-9-17)25-24(27)18(2)28-23(26)16-19-10-12-21(13-11-19)20-6-4-3-5-7-20/h3-15,18H,16H2,1-2H3,(H,25,27)/t18-/m0/s1. The molecule has 3 rings (SSSR count). The Kier molecular flexibility index (Phi) is 6.22. The normalized spacial score (nSPS) is 11.5. The molecular formula is C24H23NO3. The second-order valence-electron chi connectivity index (χ2n) is 6.73. The van der Waals surface area contributed by atoms with Crippen molar-refractivity contribution in [2.24, 2.45) is 0 Å². The van der Waals surface area contributed by atoms with E-state index < -0.39 is 12.1 Å². The number of benzene rings is 3. The first-order valence-corrected chi connectivity index (χ1v) is 9.22. The van der Waals surface area contributed by atoms with Gasteiger partial charge in [0.05, 0.1) is 6.42 Å². The Morgan fingerprint density at radius 3 is 2.11 bits per heavy atom. The molecule has 4 nitrogen and oxygen atoms in total. The zero-order valence-corrected chi connectivity index (χ0v) is 16.0. The molecule has 0 bridgehead atoms. The summed E-state index contributed by atoms with van der Waals surface area (Å²) in [5.74, 6) is -0.782. The van der Waals surface area contributed by atoms with Gasteiger partial charge in [-0.1, -0.05) is 72.3 Å². The third-order valence-electron chi connectivity index (χ3n) is 4.41. The fraction of sp³-hybridized carbons (Fsp3) is 0.167. The van der Waals surface area contributed by atoms with E-state index in [1.54, 1.807) is 6.92 Å². The third-order valence-corrected chi connectivity index (χ3v) is 4.41. The second-order valence-corrected chi connectivity index (χ2v) is 6.73. The molecule has 3 aromatic carbocycles. The van der Waals surface area contributed by atoms with Gasteiger partial charge in [0.1, 0.15) is 0 Å². The van der Waals surface area contributed by atoms with Crippen LogP contribution >= 0.6 is 0 Å². The smallest absolute Gasteiger partial charge is 0.311 e. The maximum Gasteiger partial charge on any atom is 0.311 e. The van der Waals surface area contributed by atoms with Crippen LogP contribution in [0.1, 0.15) is 18.1 Å². The Labute approximate surface area is 165 Å². The minimum absolute atomic E-state index is 0.122. The van der Waals surface area contributed by atoms with Gasteiger partial charge in [-0.15, -0.1) is 0 Å². The van der Waals surface area contributed by atoms with Gasteiger partial charge in [-0.25, -0.2) is 0 Å². The first kappa shape index (κ1) is 19.4. The summed E-state index contributed by atoms with van der Waals surface area (Å²) in [6.45, 7) is 3.54. The van der Waals surface area contributed by atoms with Crippen molar-refractivity contribution in [3.05, 3.63) is 90.0 Å². The second kappa shape index (κ2) is 9.00. The molecule has 0 radical (unpaired) electrons. The molecule has 0 aliphatic carbocycles. The van der Waals surface area contributed by atoms with Crippen molar-refractivity contribution in [3.63, 3.8) is 0 Å². The number of anilines is 1. The van der Waals surface area contributed by atoms with Crippen LogP contribution < -0.4 is 5.32 Å². The van der Waals surface area contributed by atoms with Gasteiger partial charge in [0.25, 0.3) is 5.91 Å². The van der Waals surface area contributed by atoms with Gasteiger partial charge in [-0.3, -0.25) is 9.59 Å². The first-order chi connectivity index (χ1) is 13.5. The van der Waals surface area contributed by atoms with Crippen molar-refractivity contribution in [1.29, 1.82) is 0 Å². The molecule has 0 aliphatic rings. The van der Waals surface area contributed by atoms with Gasteiger partial charge in [0.2, 0.25) is 0 Å². The van der Waals surface area contributed by atoms with Crippen molar-refractivity contribution < 1.29 is 14.3 Å². The van der Waals surface area contributed by atoms with Crippen LogP contribution in [0.2, 0.25) is 0 Å². The molecule has 3 aromatic rings. The van der Waals surface area contributed by atoms with Gasteiger partial charge in [-0.2, -0.15) is 0 Å². The largest absolute Gasteiger partial charge is 0.452 e. The van der Waals surface area contributed by atoms with Crippen LogP contribution in [-0.4, -0.2) is 18.0 Å². The number of hydrogen-bond donors (Lipinski definition) is 1. The molecule has 4 heteroatoms. The molecule has 0 spiro atoms. The van der Waals surface area contributed by atoms with E-state index in [4.69, 9.17) is 4.74 Å². The summed E-state index contributed by atoms with van der Waals surface area (Å²) in [4.78, 5) is 24.4. The maximum absolute atomic E-state index is 12.2. The molecule has 1 amide bonds. The molecule has 142 valence electrons. The molecule has 0 saturated carbocycles. The number of amides is 1. The molecule has 1 N–H and O–H groups in total. The molecule has 0 aromatic heterocycles. The van der Waals surface area contributed by atoms with Crippen LogP contribution in [0.25, 0.3) is 11.1 Å². The Balaban J connectivity index is 1.53. The predicted molar refractivity (Wildman–Crippen MR) is 111 cm³/mol. The van der Waals surface area contributed by atoms with Crippen LogP contribution in [0.4, 0.5) is 5.69 Å². The van der Waals surface area contributed by atoms with Crippen molar-refractivity contribution in [1.82, 2.24) is 0 Å². The molecular weight excluding hydrogens is 350 g/mol. The lowest BCUT2D eigenvalue weighted by atomic mass is 10.0. The zero-order chi connectivity index (χ0) is 19.9. The number of rotatable bonds is 6. The van der Waals surface area contributed by atoms with E-state index in [2.05, 4.69) is 5.32 Å². The third kappa shape index (κ3) is 5.30. The highest BCUT2D eigenvalue weighted by Crippen LogP contribution is 2.19. The van der Waals surface area contributed by atoms with Crippen molar-refractivity contribution in [2.45, 2.75) is 26.4 Å². The highest BCUT2D eigenvalue weighted by atomic mass is 16.5. The van der Waals surface area contributed by atoms with Crippen LogP contribution in [0.5, 0.6) is 0 Å². The quantitative estimate of drug-likeness (QED) is 0.633. The fourth-order valence-corrected chi connectivity index (χ4v) is 2.79. The van der Waals surface area contributed by atoms with E-state index in [1.807, 2.05) is 85.8 Å². The topological polar surface area (TPSA) is 55.4 Å². The van der Waals surface area contributed by atoms with Gasteiger partial charge >= 0.3 is 5.97 Å². The van der Waals surface area contributed by atoms with E-state index in [0.717, 1.165) is 22.3 Å². The van der Waals surface area contributed by atoms with Crippen LogP contribution in [0.15, 0.2) is 78.9 Å². The number of esters is 1. The predicted octanol–water partition coefficient (Wildman–Crippen LogP) is 4.77. The van der Waals surface area contributed by atoms with Gasteiger partial charge in [-0.05, 0) is 42.7 Å². The average molecular weight is 373 g/mol. The lowest BCUT2D eigenvalue weighted by Gasteiger charge is -2.14. The summed E-state index contributed by atoms with van der Waals surface area (Å²) in [6, 6.07) is 25.2. The van der Waals surface area contributed by atoms with Crippen molar-refractivity contribution >= 4 is 17.6 Å². The summed E-state index contributed by atoms with van der Waals surface area (Å²) >= 11 is 0. The fourth-order valence-electron chi connectivity index (χ4n) is 2.79. The van der Waals surface area contributed by atoms with Crippen LogP contribution in [0, 0.1) is 6.92 Å². The van der Waals surface area contributed by atoms with Crippen LogP contribution in [-0.2, 0) is 20.7 Å². The summed E-state index contributed by atoms with van der Waals surface area (Å²) < 4.78 is 5.28. The van der Waals surface area contributed by atoms with E-state index in [1.165, 1.54) is 0 Å². The maximum atomic E-state index is 12.2. The van der Waals surface area contributed by atoms with E-state index in [9.17, 15) is 9.59 Å². The van der Waals surface area contributed by atoms with Crippen molar-refractivity contribution in [3.8, 4) is 11.1 Å². The minimum atomic E-state index is -0.864. The van der Waals surface area contributed by atoms with Crippen molar-refractivity contribution in [2.75, 3.05) is 5.32 Å². The SMILES string of the molecule is Cc1ccc(NC(=O)[C@H](C)OC(=O)Cc2ccc(-c3ccccc3)cc2)cc1. The van der Waals surface area contributed by atoms with E-state index >= 15 is 0 Å². The summed E-state index contributed by atoms with van der Waals surface area (Å²) in [6.07, 6.45) is -0.741. The molecule has 0 saturated heterocycles. The Hall–Kier alpha value is -3.40. The monoisotopic (exact) mass is 373 g/mol. The first-order valence-electron chi connectivity index (χ1n) is 9.22. The Bertz CT molecular complexity index is 932. The minimum Gasteiger partial charge on any atom is -0.452 e. The lowest BCUT2D eigenvalue weighted by molar-refractivity contribution is -0.152. The molecule has 1 atom stereocenters. The highest BCUT2D eigenvalue weighted by Gasteiger charge is 2.18. The number of carbonyl (C=O) groups is 2. The lowest BCUT2D eigenvalue weighted by Crippen LogP contribution is -2.30. The molecule has 0 fully saturated rings. The number of carbonyl (C=O) groups excluding carboxylic acids is 2. The number of nitrogens with one attached hydrogen (secondary N) is 1. The summed E-state index contributed by atoms with van der Waals surface area (Å²) in [7, 11) is 0. The van der Waals surface area contributed by atoms with Gasteiger partial charge in [0, 0.05) is 5.69 Å². The Morgan fingerprint density at radius 1 is 0.857 bits per heavy atom. The number of hydrogen-bond acceptors (Lipinski definition) is 3. The van der Waals surface area contributed by atoms with Gasteiger partial charge in [0.15, 0.2) is 6.10 Å². The van der Waals surface area contributed by atoms with Gasteiger partial charge < -0.3 is 10.1 Å². The highest BCUT2D eigenvalue weighted by molar-refractivity contribution is 5.95. The van der Waals surface area contributed by atoms with E-state index in [-0.39, 0.29) is 12.3 Å². The van der Waals surface area contributed by atoms with Crippen LogP contribution in [0.3, 0.4) is 0 Å². The number of ether oxygens (including phenoxy) is 1. The summed E-state index contributed by atoms with van der Waals surface area (Å²) in [5, 5.41) is 2.75. The molecule has 0 unspecified atom stereocenters. The molecule has 28 heavy (non-hydrogen) atoms. The average Bonchev–Trinajstić information content (AvgIpc) is 2.71. The molecule has 0 aliphatic heterocycles. The van der Waals surface area contributed by atoms with E-state index in [0.29, 0.717) is 5.69 Å². The number of aryl methyl sites for hydroxylation is 1. The molecule has 0 heterocycles.